The Labute approximate surface area is 93.2 Å². The Hall–Kier alpha value is -0.120. The lowest BCUT2D eigenvalue weighted by atomic mass is 10.1. The first-order valence-electron chi connectivity index (χ1n) is 6.34. The molecule has 0 bridgehead atoms. The van der Waals surface area contributed by atoms with Gasteiger partial charge >= 0.3 is 0 Å². The first kappa shape index (κ1) is 11.4. The van der Waals surface area contributed by atoms with Crippen LogP contribution in [0, 0.1) is 5.92 Å². The van der Waals surface area contributed by atoms with Crippen molar-refractivity contribution in [3.05, 3.63) is 0 Å². The minimum atomic E-state index is 0.647. The molecule has 2 fully saturated rings. The van der Waals surface area contributed by atoms with Crippen LogP contribution in [0.1, 0.15) is 26.2 Å². The molecule has 15 heavy (non-hydrogen) atoms. The molecule has 88 valence electrons. The summed E-state index contributed by atoms with van der Waals surface area (Å²) in [4.78, 5) is 2.61. The van der Waals surface area contributed by atoms with Gasteiger partial charge < -0.3 is 10.1 Å². The topological polar surface area (TPSA) is 24.5 Å². The molecule has 0 radical (unpaired) electrons. The summed E-state index contributed by atoms with van der Waals surface area (Å²) in [5, 5.41) is 3.47. The molecule has 0 aromatic carbocycles. The van der Waals surface area contributed by atoms with Crippen molar-refractivity contribution in [2.45, 2.75) is 38.3 Å². The van der Waals surface area contributed by atoms with Gasteiger partial charge in [0.05, 0.1) is 13.2 Å². The number of morpholine rings is 1. The molecule has 2 unspecified atom stereocenters. The van der Waals surface area contributed by atoms with Gasteiger partial charge in [-0.05, 0) is 32.2 Å². The minimum Gasteiger partial charge on any atom is -0.378 e. The second kappa shape index (κ2) is 5.28. The minimum absolute atomic E-state index is 0.647. The zero-order valence-corrected chi connectivity index (χ0v) is 10.0. The van der Waals surface area contributed by atoms with Crippen molar-refractivity contribution in [3.8, 4) is 0 Å². The van der Waals surface area contributed by atoms with Gasteiger partial charge in [0.2, 0.25) is 0 Å². The highest BCUT2D eigenvalue weighted by Crippen LogP contribution is 2.33. The Morgan fingerprint density at radius 3 is 2.87 bits per heavy atom. The highest BCUT2D eigenvalue weighted by molar-refractivity contribution is 4.89. The zero-order valence-electron chi connectivity index (χ0n) is 10.0. The maximum absolute atomic E-state index is 5.53. The van der Waals surface area contributed by atoms with E-state index in [4.69, 9.17) is 4.74 Å². The molecule has 2 rings (SSSR count). The molecule has 3 heteroatoms. The predicted molar refractivity (Wildman–Crippen MR) is 62.0 cm³/mol. The lowest BCUT2D eigenvalue weighted by Gasteiger charge is -2.37. The first-order valence-corrected chi connectivity index (χ1v) is 6.34. The summed E-state index contributed by atoms with van der Waals surface area (Å²) in [6.07, 6.45) is 4.06. The van der Waals surface area contributed by atoms with E-state index in [-0.39, 0.29) is 0 Å². The van der Waals surface area contributed by atoms with E-state index in [1.54, 1.807) is 0 Å². The van der Waals surface area contributed by atoms with E-state index >= 15 is 0 Å². The Morgan fingerprint density at radius 1 is 1.47 bits per heavy atom. The van der Waals surface area contributed by atoms with Gasteiger partial charge in [0.15, 0.2) is 0 Å². The highest BCUT2D eigenvalue weighted by Gasteiger charge is 2.33. The lowest BCUT2D eigenvalue weighted by molar-refractivity contribution is -0.0132. The van der Waals surface area contributed by atoms with E-state index < -0.39 is 0 Å². The number of nitrogens with zero attached hydrogens (tertiary/aromatic N) is 1. The largest absolute Gasteiger partial charge is 0.378 e. The van der Waals surface area contributed by atoms with Crippen LogP contribution in [0.15, 0.2) is 0 Å². The smallest absolute Gasteiger partial charge is 0.0622 e. The second-order valence-electron chi connectivity index (χ2n) is 4.86. The molecule has 3 nitrogen and oxygen atoms in total. The number of likely N-dealkylation sites (N-methyl/N-ethyl adjacent to an activating group) is 1. The van der Waals surface area contributed by atoms with Crippen molar-refractivity contribution >= 4 is 0 Å². The SMILES string of the molecule is CCC1COCCN1CC(NC)C1CC1. The Bertz CT molecular complexity index is 194. The van der Waals surface area contributed by atoms with Crippen molar-refractivity contribution in [3.63, 3.8) is 0 Å². The summed E-state index contributed by atoms with van der Waals surface area (Å²) < 4.78 is 5.53. The summed E-state index contributed by atoms with van der Waals surface area (Å²) in [5.74, 6) is 0.940. The standard InChI is InChI=1S/C12H24N2O/c1-3-11-9-15-7-6-14(11)8-12(13-2)10-4-5-10/h10-13H,3-9H2,1-2H3. The molecular formula is C12H24N2O. The fourth-order valence-electron chi connectivity index (χ4n) is 2.53. The van der Waals surface area contributed by atoms with Crippen molar-refractivity contribution in [2.24, 2.45) is 5.92 Å². The Morgan fingerprint density at radius 2 is 2.27 bits per heavy atom. The van der Waals surface area contributed by atoms with Gasteiger partial charge in [-0.25, -0.2) is 0 Å². The van der Waals surface area contributed by atoms with Crippen LogP contribution in [-0.2, 0) is 4.74 Å². The molecule has 1 aliphatic heterocycles. The van der Waals surface area contributed by atoms with E-state index in [1.165, 1.54) is 25.8 Å². The van der Waals surface area contributed by atoms with E-state index in [0.29, 0.717) is 12.1 Å². The molecule has 0 aromatic rings. The fraction of sp³-hybridized carbons (Fsp3) is 1.00. The normalized spacial score (nSPS) is 30.4. The number of hydrogen-bond acceptors (Lipinski definition) is 3. The van der Waals surface area contributed by atoms with Crippen LogP contribution in [0.5, 0.6) is 0 Å². The monoisotopic (exact) mass is 212 g/mol. The van der Waals surface area contributed by atoms with Gasteiger partial charge in [-0.15, -0.1) is 0 Å². The second-order valence-corrected chi connectivity index (χ2v) is 4.86. The van der Waals surface area contributed by atoms with Crippen molar-refractivity contribution in [2.75, 3.05) is 33.4 Å². The van der Waals surface area contributed by atoms with E-state index in [2.05, 4.69) is 24.2 Å². The van der Waals surface area contributed by atoms with Crippen LogP contribution in [0.3, 0.4) is 0 Å². The van der Waals surface area contributed by atoms with Crippen LogP contribution in [0.2, 0.25) is 0 Å². The van der Waals surface area contributed by atoms with Gasteiger partial charge in [-0.1, -0.05) is 6.92 Å². The maximum Gasteiger partial charge on any atom is 0.0622 e. The number of rotatable bonds is 5. The average molecular weight is 212 g/mol. The molecule has 1 aliphatic carbocycles. The summed E-state index contributed by atoms with van der Waals surface area (Å²) in [5.41, 5.74) is 0. The Kier molecular flexibility index (Phi) is 4.00. The van der Waals surface area contributed by atoms with E-state index in [0.717, 1.165) is 25.7 Å². The van der Waals surface area contributed by atoms with Gasteiger partial charge in [-0.3, -0.25) is 4.90 Å². The molecule has 2 aliphatic rings. The molecule has 1 N–H and O–H groups in total. The molecular weight excluding hydrogens is 188 g/mol. The van der Waals surface area contributed by atoms with Gasteiger partial charge in [-0.2, -0.15) is 0 Å². The molecule has 1 heterocycles. The van der Waals surface area contributed by atoms with Crippen molar-refractivity contribution < 1.29 is 4.74 Å². The number of hydrogen-bond donors (Lipinski definition) is 1. The third-order valence-electron chi connectivity index (χ3n) is 3.81. The van der Waals surface area contributed by atoms with Crippen LogP contribution < -0.4 is 5.32 Å². The maximum atomic E-state index is 5.53. The molecule has 1 saturated heterocycles. The van der Waals surface area contributed by atoms with E-state index in [9.17, 15) is 0 Å². The molecule has 0 amide bonds. The first-order chi connectivity index (χ1) is 7.35. The van der Waals surface area contributed by atoms with Crippen LogP contribution >= 0.6 is 0 Å². The summed E-state index contributed by atoms with van der Waals surface area (Å²) >= 11 is 0. The van der Waals surface area contributed by atoms with Gasteiger partial charge in [0, 0.05) is 25.2 Å². The van der Waals surface area contributed by atoms with Crippen LogP contribution in [0.25, 0.3) is 0 Å². The summed E-state index contributed by atoms with van der Waals surface area (Å²) in [6, 6.07) is 1.35. The number of nitrogens with one attached hydrogen (secondary N) is 1. The summed E-state index contributed by atoms with van der Waals surface area (Å²) in [6.45, 7) is 6.43. The molecule has 0 spiro atoms. The van der Waals surface area contributed by atoms with Crippen molar-refractivity contribution in [1.82, 2.24) is 10.2 Å². The molecule has 0 aromatic heterocycles. The third kappa shape index (κ3) is 2.92. The van der Waals surface area contributed by atoms with Crippen LogP contribution in [-0.4, -0.2) is 50.3 Å². The van der Waals surface area contributed by atoms with Gasteiger partial charge in [0.25, 0.3) is 0 Å². The van der Waals surface area contributed by atoms with Crippen molar-refractivity contribution in [1.29, 1.82) is 0 Å². The van der Waals surface area contributed by atoms with Crippen LogP contribution in [0.4, 0.5) is 0 Å². The molecule has 2 atom stereocenters. The fourth-order valence-corrected chi connectivity index (χ4v) is 2.53. The Balaban J connectivity index is 1.84. The predicted octanol–water partition coefficient (Wildman–Crippen LogP) is 1.10. The average Bonchev–Trinajstić information content (AvgIpc) is 3.10. The molecule has 1 saturated carbocycles. The number of ether oxygens (including phenoxy) is 1. The lowest BCUT2D eigenvalue weighted by Crippen LogP contribution is -2.51. The summed E-state index contributed by atoms with van der Waals surface area (Å²) in [7, 11) is 2.10. The quantitative estimate of drug-likeness (QED) is 0.738. The van der Waals surface area contributed by atoms with E-state index in [1.807, 2.05) is 0 Å². The third-order valence-corrected chi connectivity index (χ3v) is 3.81. The van der Waals surface area contributed by atoms with Gasteiger partial charge in [0.1, 0.15) is 0 Å². The highest BCUT2D eigenvalue weighted by atomic mass is 16.5. The zero-order chi connectivity index (χ0) is 10.7.